The molecule has 2 fully saturated rings. The fourth-order valence-electron chi connectivity index (χ4n) is 6.92. The number of aliphatic hydroxyl groups is 1. The minimum atomic E-state index is -0.588. The maximum absolute atomic E-state index is 13.1. The quantitative estimate of drug-likeness (QED) is 0.492. The van der Waals surface area contributed by atoms with Crippen LogP contribution in [0.25, 0.3) is 0 Å². The Morgan fingerprint density at radius 3 is 2.49 bits per heavy atom. The normalized spacial score (nSPS) is 30.0. The van der Waals surface area contributed by atoms with Gasteiger partial charge in [-0.25, -0.2) is 0 Å². The summed E-state index contributed by atoms with van der Waals surface area (Å²) < 4.78 is 5.40. The van der Waals surface area contributed by atoms with Gasteiger partial charge in [0.2, 0.25) is 11.8 Å². The standard InChI is InChI=1S/C31H42N2O4/c1-20(30(36)32-19-23-12-8-9-13-26(23)37-4)24-14-16-31(3)17-15-25(21(2)28(31)29(24)35)33-27(34)18-22-10-6-5-7-11-22/h5-13,20-21,24-25,28-29,35H,14-19H2,1-4H3,(H,32,36)(H,33,34)/t20-,21+,24-,25-,28+,29-,31-/m0/s1. The molecule has 0 aliphatic heterocycles. The highest BCUT2D eigenvalue weighted by Crippen LogP contribution is 2.55. The van der Waals surface area contributed by atoms with Crippen molar-refractivity contribution in [2.24, 2.45) is 29.1 Å². The number of benzene rings is 2. The van der Waals surface area contributed by atoms with Crippen molar-refractivity contribution in [1.29, 1.82) is 0 Å². The molecular formula is C31H42N2O4. The van der Waals surface area contributed by atoms with Crippen LogP contribution >= 0.6 is 0 Å². The van der Waals surface area contributed by atoms with Gasteiger partial charge in [0, 0.05) is 24.1 Å². The molecule has 2 saturated carbocycles. The highest BCUT2D eigenvalue weighted by Gasteiger charge is 2.53. The zero-order valence-corrected chi connectivity index (χ0v) is 22.6. The summed E-state index contributed by atoms with van der Waals surface area (Å²) >= 11 is 0. The molecule has 2 amide bonds. The van der Waals surface area contributed by atoms with Gasteiger partial charge in [0.15, 0.2) is 0 Å². The Labute approximate surface area is 221 Å². The third-order valence-electron chi connectivity index (χ3n) is 9.14. The lowest BCUT2D eigenvalue weighted by Crippen LogP contribution is -2.58. The summed E-state index contributed by atoms with van der Waals surface area (Å²) in [5.74, 6) is 0.464. The molecule has 0 saturated heterocycles. The van der Waals surface area contributed by atoms with Crippen molar-refractivity contribution < 1.29 is 19.4 Å². The first kappa shape index (κ1) is 27.2. The SMILES string of the molecule is COc1ccccc1CNC(=O)[C@@H](C)[C@@H]1CC[C@@]2(C)CC[C@H](NC(=O)Cc3ccccc3)[C@@H](C)[C@@H]2[C@H]1O. The van der Waals surface area contributed by atoms with Crippen molar-refractivity contribution in [2.75, 3.05) is 7.11 Å². The maximum atomic E-state index is 13.1. The summed E-state index contributed by atoms with van der Waals surface area (Å²) in [7, 11) is 1.63. The molecule has 6 heteroatoms. The zero-order valence-electron chi connectivity index (χ0n) is 22.6. The van der Waals surface area contributed by atoms with Crippen LogP contribution in [0.1, 0.15) is 57.6 Å². The van der Waals surface area contributed by atoms with E-state index in [1.807, 2.05) is 61.5 Å². The number of carbonyl (C=O) groups is 2. The molecule has 2 aliphatic rings. The molecule has 37 heavy (non-hydrogen) atoms. The predicted molar refractivity (Wildman–Crippen MR) is 145 cm³/mol. The number of rotatable bonds is 8. The van der Waals surface area contributed by atoms with Crippen LogP contribution in [0.2, 0.25) is 0 Å². The van der Waals surface area contributed by atoms with Gasteiger partial charge >= 0.3 is 0 Å². The van der Waals surface area contributed by atoms with E-state index in [9.17, 15) is 14.7 Å². The molecular weight excluding hydrogens is 464 g/mol. The van der Waals surface area contributed by atoms with Crippen LogP contribution in [0.5, 0.6) is 5.75 Å². The summed E-state index contributed by atoms with van der Waals surface area (Å²) in [4.78, 5) is 26.0. The van der Waals surface area contributed by atoms with Gasteiger partial charge in [0.1, 0.15) is 5.75 Å². The summed E-state index contributed by atoms with van der Waals surface area (Å²) in [5, 5.41) is 18.0. The second-order valence-corrected chi connectivity index (χ2v) is 11.4. The number of nitrogens with one attached hydrogen (secondary N) is 2. The highest BCUT2D eigenvalue weighted by atomic mass is 16.5. The molecule has 2 aromatic rings. The third-order valence-corrected chi connectivity index (χ3v) is 9.14. The van der Waals surface area contributed by atoms with Gasteiger partial charge in [-0.2, -0.15) is 0 Å². The first-order chi connectivity index (χ1) is 17.7. The topological polar surface area (TPSA) is 87.7 Å². The summed E-state index contributed by atoms with van der Waals surface area (Å²) in [6, 6.07) is 17.5. The van der Waals surface area contributed by atoms with Gasteiger partial charge in [-0.15, -0.1) is 0 Å². The third kappa shape index (κ3) is 6.01. The second-order valence-electron chi connectivity index (χ2n) is 11.4. The minimum absolute atomic E-state index is 0.0175. The zero-order chi connectivity index (χ0) is 26.6. The van der Waals surface area contributed by atoms with Crippen LogP contribution in [0, 0.1) is 29.1 Å². The van der Waals surface area contributed by atoms with Crippen LogP contribution in [0.4, 0.5) is 0 Å². The Bertz CT molecular complexity index is 1070. The molecule has 4 rings (SSSR count). The number of para-hydroxylation sites is 1. The molecule has 0 bridgehead atoms. The molecule has 2 aromatic carbocycles. The minimum Gasteiger partial charge on any atom is -0.496 e. The van der Waals surface area contributed by atoms with Gasteiger partial charge < -0.3 is 20.5 Å². The average molecular weight is 507 g/mol. The Balaban J connectivity index is 1.39. The lowest BCUT2D eigenvalue weighted by Gasteiger charge is -2.56. The molecule has 0 radical (unpaired) electrons. The number of fused-ring (bicyclic) bond motifs is 1. The molecule has 6 nitrogen and oxygen atoms in total. The Morgan fingerprint density at radius 1 is 1.08 bits per heavy atom. The fraction of sp³-hybridized carbons (Fsp3) is 0.548. The monoisotopic (exact) mass is 506 g/mol. The molecule has 0 spiro atoms. The second kappa shape index (κ2) is 11.7. The van der Waals surface area contributed by atoms with Crippen LogP contribution in [0.3, 0.4) is 0 Å². The molecule has 0 heterocycles. The summed E-state index contributed by atoms with van der Waals surface area (Å²) in [5.41, 5.74) is 1.94. The van der Waals surface area contributed by atoms with Crippen molar-refractivity contribution in [3.8, 4) is 5.75 Å². The van der Waals surface area contributed by atoms with E-state index >= 15 is 0 Å². The maximum Gasteiger partial charge on any atom is 0.224 e. The van der Waals surface area contributed by atoms with Gasteiger partial charge in [0.05, 0.1) is 19.6 Å². The van der Waals surface area contributed by atoms with Crippen LogP contribution in [-0.2, 0) is 22.6 Å². The van der Waals surface area contributed by atoms with Crippen molar-refractivity contribution in [3.63, 3.8) is 0 Å². The summed E-state index contributed by atoms with van der Waals surface area (Å²) in [6.07, 6.45) is 3.47. The predicted octanol–water partition coefficient (Wildman–Crippen LogP) is 4.50. The Morgan fingerprint density at radius 2 is 1.76 bits per heavy atom. The van der Waals surface area contributed by atoms with E-state index < -0.39 is 6.10 Å². The van der Waals surface area contributed by atoms with E-state index in [4.69, 9.17) is 4.74 Å². The average Bonchev–Trinajstić information content (AvgIpc) is 2.89. The Hall–Kier alpha value is -2.86. The lowest BCUT2D eigenvalue weighted by atomic mass is 9.51. The number of methoxy groups -OCH3 is 1. The number of hydrogen-bond donors (Lipinski definition) is 3. The van der Waals surface area contributed by atoms with Gasteiger partial charge in [0.25, 0.3) is 0 Å². The molecule has 2 aliphatic carbocycles. The lowest BCUT2D eigenvalue weighted by molar-refractivity contribution is -0.143. The van der Waals surface area contributed by atoms with Crippen LogP contribution < -0.4 is 15.4 Å². The van der Waals surface area contributed by atoms with E-state index in [1.165, 1.54) is 0 Å². The van der Waals surface area contributed by atoms with E-state index in [1.54, 1.807) is 7.11 Å². The first-order valence-electron chi connectivity index (χ1n) is 13.6. The van der Waals surface area contributed by atoms with E-state index in [0.29, 0.717) is 13.0 Å². The molecule has 0 aromatic heterocycles. The largest absolute Gasteiger partial charge is 0.496 e. The molecule has 3 N–H and O–H groups in total. The fourth-order valence-corrected chi connectivity index (χ4v) is 6.92. The van der Waals surface area contributed by atoms with E-state index in [-0.39, 0.29) is 46.9 Å². The van der Waals surface area contributed by atoms with E-state index in [0.717, 1.165) is 42.6 Å². The van der Waals surface area contributed by atoms with Gasteiger partial charge in [-0.1, -0.05) is 69.3 Å². The van der Waals surface area contributed by atoms with Crippen molar-refractivity contribution in [1.82, 2.24) is 10.6 Å². The molecule has 200 valence electrons. The van der Waals surface area contributed by atoms with Crippen LogP contribution in [-0.4, -0.2) is 36.2 Å². The highest BCUT2D eigenvalue weighted by molar-refractivity contribution is 5.79. The number of amides is 2. The summed E-state index contributed by atoms with van der Waals surface area (Å²) in [6.45, 7) is 6.76. The first-order valence-corrected chi connectivity index (χ1v) is 13.6. The van der Waals surface area contributed by atoms with Crippen molar-refractivity contribution >= 4 is 11.8 Å². The van der Waals surface area contributed by atoms with Crippen LogP contribution in [0.15, 0.2) is 54.6 Å². The Kier molecular flexibility index (Phi) is 8.58. The smallest absolute Gasteiger partial charge is 0.224 e. The number of carbonyl (C=O) groups excluding carboxylic acids is 2. The van der Waals surface area contributed by atoms with Crippen molar-refractivity contribution in [2.45, 2.75) is 71.6 Å². The molecule has 0 unspecified atom stereocenters. The van der Waals surface area contributed by atoms with E-state index in [2.05, 4.69) is 24.5 Å². The van der Waals surface area contributed by atoms with Gasteiger partial charge in [-0.05, 0) is 60.5 Å². The van der Waals surface area contributed by atoms with Crippen molar-refractivity contribution in [3.05, 3.63) is 65.7 Å². The number of hydrogen-bond acceptors (Lipinski definition) is 4. The molecule has 7 atom stereocenters. The van der Waals surface area contributed by atoms with Gasteiger partial charge in [-0.3, -0.25) is 9.59 Å². The number of ether oxygens (including phenoxy) is 1. The number of aliphatic hydroxyl groups excluding tert-OH is 1.